The highest BCUT2D eigenvalue weighted by Crippen LogP contribution is 2.35. The van der Waals surface area contributed by atoms with E-state index in [4.69, 9.17) is 20.4 Å². The van der Waals surface area contributed by atoms with Gasteiger partial charge in [-0.05, 0) is 0 Å². The molecule has 0 aromatic heterocycles. The van der Waals surface area contributed by atoms with E-state index >= 15 is 0 Å². The molecule has 10 heteroatoms. The fraction of sp³-hybridized carbons (Fsp3) is 0.500. The van der Waals surface area contributed by atoms with Crippen LogP contribution in [-0.4, -0.2) is 68.7 Å². The fourth-order valence-corrected chi connectivity index (χ4v) is 1.63. The van der Waals surface area contributed by atoms with Gasteiger partial charge in [-0.1, -0.05) is 0 Å². The highest BCUT2D eigenvalue weighted by molar-refractivity contribution is 6.18. The topological polar surface area (TPSA) is 168 Å². The molecule has 0 saturated carbocycles. The van der Waals surface area contributed by atoms with Gasteiger partial charge in [-0.25, -0.2) is 19.2 Å². The first-order valence-electron chi connectivity index (χ1n) is 4.45. The van der Waals surface area contributed by atoms with Crippen molar-refractivity contribution in [2.24, 2.45) is 0 Å². The lowest BCUT2D eigenvalue weighted by molar-refractivity contribution is -0.262. The van der Waals surface area contributed by atoms with Crippen molar-refractivity contribution in [1.29, 1.82) is 0 Å². The van der Waals surface area contributed by atoms with Crippen LogP contribution >= 0.6 is 0 Å². The highest BCUT2D eigenvalue weighted by Gasteiger charge is 2.76. The minimum Gasteiger partial charge on any atom is -0.479 e. The van der Waals surface area contributed by atoms with E-state index in [1.807, 2.05) is 0 Å². The van der Waals surface area contributed by atoms with Gasteiger partial charge >= 0.3 is 35.1 Å². The zero-order valence-corrected chi connectivity index (χ0v) is 8.65. The number of carboxylic acid groups (broad SMARTS) is 4. The van der Waals surface area contributed by atoms with Crippen molar-refractivity contribution < 1.29 is 49.1 Å². The second-order valence-electron chi connectivity index (χ2n) is 3.28. The molecule has 1 aliphatic rings. The number of hydrogen-bond acceptors (Lipinski definition) is 6. The van der Waals surface area contributed by atoms with Crippen LogP contribution < -0.4 is 0 Å². The van der Waals surface area contributed by atoms with E-state index < -0.39 is 48.3 Å². The third-order valence-corrected chi connectivity index (χ3v) is 2.42. The lowest BCUT2D eigenvalue weighted by atomic mass is 9.81. The summed E-state index contributed by atoms with van der Waals surface area (Å²) in [6, 6.07) is 0. The van der Waals surface area contributed by atoms with Gasteiger partial charge in [-0.3, -0.25) is 0 Å². The largest absolute Gasteiger partial charge is 0.479 e. The van der Waals surface area contributed by atoms with E-state index in [0.29, 0.717) is 0 Å². The molecule has 0 radical (unpaired) electrons. The Labute approximate surface area is 98.3 Å². The average molecular weight is 264 g/mol. The maximum atomic E-state index is 11.0. The summed E-state index contributed by atoms with van der Waals surface area (Å²) >= 11 is 0. The lowest BCUT2D eigenvalue weighted by Crippen LogP contribution is -2.76. The summed E-state index contributed by atoms with van der Waals surface area (Å²) in [6.07, 6.45) is 0. The summed E-state index contributed by atoms with van der Waals surface area (Å²) < 4.78 is 8.88. The Bertz CT molecular complexity index is 356. The molecule has 0 spiro atoms. The first-order valence-corrected chi connectivity index (χ1v) is 4.45. The number of ether oxygens (including phenoxy) is 2. The van der Waals surface area contributed by atoms with Crippen LogP contribution in [0.3, 0.4) is 0 Å². The average Bonchev–Trinajstić information content (AvgIpc) is 2.27. The summed E-state index contributed by atoms with van der Waals surface area (Å²) in [7, 11) is 0. The van der Waals surface area contributed by atoms with Crippen molar-refractivity contribution >= 4 is 23.9 Å². The summed E-state index contributed by atoms with van der Waals surface area (Å²) in [4.78, 5) is 44.1. The van der Waals surface area contributed by atoms with Crippen LogP contribution in [0.15, 0.2) is 0 Å². The molecule has 100 valence electrons. The van der Waals surface area contributed by atoms with Gasteiger partial charge in [0.05, 0.1) is 13.2 Å². The van der Waals surface area contributed by atoms with Crippen LogP contribution in [-0.2, 0) is 28.7 Å². The summed E-state index contributed by atoms with van der Waals surface area (Å²) in [6.45, 7) is -1.14. The van der Waals surface area contributed by atoms with Crippen molar-refractivity contribution in [2.75, 3.05) is 13.2 Å². The number of carbonyl (C=O) groups is 4. The Morgan fingerprint density at radius 3 is 1.06 bits per heavy atom. The van der Waals surface area contributed by atoms with Crippen molar-refractivity contribution in [3.8, 4) is 0 Å². The van der Waals surface area contributed by atoms with Crippen LogP contribution in [0.4, 0.5) is 0 Å². The summed E-state index contributed by atoms with van der Waals surface area (Å²) in [5.41, 5.74) is -7.11. The second-order valence-corrected chi connectivity index (χ2v) is 3.28. The molecule has 0 amide bonds. The van der Waals surface area contributed by atoms with E-state index in [-0.39, 0.29) is 0 Å². The Balaban J connectivity index is 3.61. The molecule has 0 atom stereocenters. The fourth-order valence-electron chi connectivity index (χ4n) is 1.63. The zero-order chi connectivity index (χ0) is 14.1. The third kappa shape index (κ3) is 1.43. The Morgan fingerprint density at radius 2 is 0.889 bits per heavy atom. The Kier molecular flexibility index (Phi) is 3.26. The van der Waals surface area contributed by atoms with Gasteiger partial charge in [0.15, 0.2) is 0 Å². The molecular formula is C8H8O10. The van der Waals surface area contributed by atoms with Crippen molar-refractivity contribution in [3.63, 3.8) is 0 Å². The van der Waals surface area contributed by atoms with Gasteiger partial charge in [-0.15, -0.1) is 0 Å². The van der Waals surface area contributed by atoms with Crippen LogP contribution in [0.1, 0.15) is 0 Å². The molecule has 1 fully saturated rings. The minimum atomic E-state index is -3.55. The second kappa shape index (κ2) is 4.23. The highest BCUT2D eigenvalue weighted by atomic mass is 16.6. The van der Waals surface area contributed by atoms with Gasteiger partial charge in [0, 0.05) is 0 Å². The normalized spacial score (nSPS) is 20.9. The number of carboxylic acids is 4. The molecule has 18 heavy (non-hydrogen) atoms. The maximum Gasteiger partial charge on any atom is 0.352 e. The standard InChI is InChI=1S/C8H8O10/c9-3(10)7(4(11)12)8(5(13)14,6(15)16)18-2-1-17-7/h1-2H2,(H,9,10)(H,11,12)(H,13,14)(H,15,16). The molecule has 0 aliphatic carbocycles. The van der Waals surface area contributed by atoms with Crippen molar-refractivity contribution in [1.82, 2.24) is 0 Å². The first kappa shape index (κ1) is 13.9. The molecule has 0 aromatic carbocycles. The number of rotatable bonds is 4. The summed E-state index contributed by atoms with van der Waals surface area (Å²) in [5.74, 6) is -9.11. The van der Waals surface area contributed by atoms with Crippen LogP contribution in [0.2, 0.25) is 0 Å². The smallest absolute Gasteiger partial charge is 0.352 e. The maximum absolute atomic E-state index is 11.0. The molecule has 0 unspecified atom stereocenters. The predicted molar refractivity (Wildman–Crippen MR) is 47.9 cm³/mol. The summed E-state index contributed by atoms with van der Waals surface area (Å²) in [5, 5.41) is 35.5. The lowest BCUT2D eigenvalue weighted by Gasteiger charge is -2.40. The van der Waals surface area contributed by atoms with Crippen molar-refractivity contribution in [2.45, 2.75) is 11.2 Å². The van der Waals surface area contributed by atoms with E-state index in [1.165, 1.54) is 0 Å². The minimum absolute atomic E-state index is 0.569. The van der Waals surface area contributed by atoms with E-state index in [2.05, 4.69) is 9.47 Å². The quantitative estimate of drug-likeness (QED) is 0.410. The zero-order valence-electron chi connectivity index (χ0n) is 8.65. The SMILES string of the molecule is O=C(O)C1(C(=O)O)OCCOC1(C(=O)O)C(=O)O. The monoisotopic (exact) mass is 264 g/mol. The van der Waals surface area contributed by atoms with Gasteiger partial charge in [-0.2, -0.15) is 0 Å². The molecule has 1 saturated heterocycles. The molecule has 1 aliphatic heterocycles. The number of aliphatic carboxylic acids is 4. The Hall–Kier alpha value is -2.20. The van der Waals surface area contributed by atoms with Gasteiger partial charge in [0.25, 0.3) is 0 Å². The predicted octanol–water partition coefficient (Wildman–Crippen LogP) is -2.15. The van der Waals surface area contributed by atoms with Crippen LogP contribution in [0.25, 0.3) is 0 Å². The van der Waals surface area contributed by atoms with E-state index in [9.17, 15) is 19.2 Å². The van der Waals surface area contributed by atoms with Crippen LogP contribution in [0, 0.1) is 0 Å². The third-order valence-electron chi connectivity index (χ3n) is 2.42. The number of hydrogen-bond donors (Lipinski definition) is 4. The molecule has 0 aromatic rings. The first-order chi connectivity index (χ1) is 8.23. The van der Waals surface area contributed by atoms with Crippen LogP contribution in [0.5, 0.6) is 0 Å². The van der Waals surface area contributed by atoms with Crippen molar-refractivity contribution in [3.05, 3.63) is 0 Å². The molecule has 4 N–H and O–H groups in total. The van der Waals surface area contributed by atoms with Gasteiger partial charge in [0.2, 0.25) is 0 Å². The molecule has 1 heterocycles. The van der Waals surface area contributed by atoms with E-state index in [0.717, 1.165) is 0 Å². The molecular weight excluding hydrogens is 256 g/mol. The molecule has 10 nitrogen and oxygen atoms in total. The molecule has 1 rings (SSSR count). The van der Waals surface area contributed by atoms with E-state index in [1.54, 1.807) is 0 Å². The Morgan fingerprint density at radius 1 is 0.667 bits per heavy atom. The van der Waals surface area contributed by atoms with Gasteiger partial charge < -0.3 is 29.9 Å². The van der Waals surface area contributed by atoms with Gasteiger partial charge in [0.1, 0.15) is 0 Å². The molecule has 0 bridgehead atoms.